The Hall–Kier alpha value is -1.61. The number of thiazole rings is 1. The number of nitrogens with zero attached hydrogens (tertiary/aromatic N) is 3. The minimum absolute atomic E-state index is 0.147. The fourth-order valence-corrected chi connectivity index (χ4v) is 3.12. The van der Waals surface area contributed by atoms with E-state index in [2.05, 4.69) is 20.3 Å². The Labute approximate surface area is 148 Å². The molecule has 3 heterocycles. The van der Waals surface area contributed by atoms with Gasteiger partial charge in [0.1, 0.15) is 11.5 Å². The van der Waals surface area contributed by atoms with Gasteiger partial charge in [-0.1, -0.05) is 11.6 Å². The summed E-state index contributed by atoms with van der Waals surface area (Å²) in [5.41, 5.74) is 2.81. The molecule has 1 saturated heterocycles. The number of carbonyl (C=O) groups is 1. The average Bonchev–Trinajstić information content (AvgIpc) is 3.09. The van der Waals surface area contributed by atoms with Gasteiger partial charge in [-0.2, -0.15) is 0 Å². The molecule has 24 heavy (non-hydrogen) atoms. The molecule has 0 bridgehead atoms. The molecule has 2 atom stereocenters. The molecule has 0 aliphatic carbocycles. The van der Waals surface area contributed by atoms with Gasteiger partial charge in [0, 0.05) is 12.0 Å². The first-order valence-electron chi connectivity index (χ1n) is 7.50. The Morgan fingerprint density at radius 2 is 2.42 bits per heavy atom. The molecule has 1 N–H and O–H groups in total. The van der Waals surface area contributed by atoms with E-state index in [1.54, 1.807) is 12.4 Å². The van der Waals surface area contributed by atoms with Gasteiger partial charge in [0.05, 0.1) is 47.8 Å². The summed E-state index contributed by atoms with van der Waals surface area (Å²) in [7, 11) is 0. The highest BCUT2D eigenvalue weighted by atomic mass is 35.5. The number of amides is 1. The van der Waals surface area contributed by atoms with Crippen molar-refractivity contribution in [3.8, 4) is 0 Å². The third-order valence-electron chi connectivity index (χ3n) is 3.62. The van der Waals surface area contributed by atoms with Crippen LogP contribution in [-0.2, 0) is 16.1 Å². The summed E-state index contributed by atoms with van der Waals surface area (Å²) in [5.74, 6) is 0.129. The van der Waals surface area contributed by atoms with Gasteiger partial charge in [-0.15, -0.1) is 11.3 Å². The second-order valence-electron chi connectivity index (χ2n) is 5.39. The number of halogens is 1. The molecule has 2 aromatic rings. The highest BCUT2D eigenvalue weighted by Gasteiger charge is 2.29. The molecule has 0 aromatic carbocycles. The molecule has 128 valence electrons. The highest BCUT2D eigenvalue weighted by molar-refractivity contribution is 7.07. The van der Waals surface area contributed by atoms with Crippen molar-refractivity contribution in [3.05, 3.63) is 39.3 Å². The molecule has 0 saturated carbocycles. The van der Waals surface area contributed by atoms with E-state index in [1.807, 2.05) is 5.38 Å². The van der Waals surface area contributed by atoms with E-state index >= 15 is 0 Å². The Morgan fingerprint density at radius 1 is 1.54 bits per heavy atom. The van der Waals surface area contributed by atoms with Crippen LogP contribution < -0.4 is 5.32 Å². The van der Waals surface area contributed by atoms with Crippen LogP contribution in [0.25, 0.3) is 0 Å². The van der Waals surface area contributed by atoms with E-state index < -0.39 is 0 Å². The van der Waals surface area contributed by atoms with Crippen molar-refractivity contribution in [1.29, 1.82) is 0 Å². The van der Waals surface area contributed by atoms with Crippen LogP contribution in [0.3, 0.4) is 0 Å². The van der Waals surface area contributed by atoms with Crippen LogP contribution in [0.15, 0.2) is 17.1 Å². The molecule has 0 radical (unpaired) electrons. The smallest absolute Gasteiger partial charge is 0.271 e. The topological polar surface area (TPSA) is 86.2 Å². The van der Waals surface area contributed by atoms with Crippen LogP contribution in [-0.4, -0.2) is 46.2 Å². The van der Waals surface area contributed by atoms with Crippen molar-refractivity contribution >= 4 is 28.8 Å². The number of hydrogen-bond donors (Lipinski definition) is 1. The zero-order chi connectivity index (χ0) is 16.9. The molecule has 1 aliphatic heterocycles. The number of aromatic nitrogens is 3. The first kappa shape index (κ1) is 17.2. The maximum Gasteiger partial charge on any atom is 0.271 e. The van der Waals surface area contributed by atoms with E-state index in [9.17, 15) is 4.79 Å². The van der Waals surface area contributed by atoms with E-state index in [-0.39, 0.29) is 28.8 Å². The predicted molar refractivity (Wildman–Crippen MR) is 89.2 cm³/mol. The Morgan fingerprint density at radius 3 is 3.21 bits per heavy atom. The van der Waals surface area contributed by atoms with Gasteiger partial charge in [0.15, 0.2) is 0 Å². The lowest BCUT2D eigenvalue weighted by Gasteiger charge is -2.31. The van der Waals surface area contributed by atoms with Crippen LogP contribution in [0, 0.1) is 6.92 Å². The lowest BCUT2D eigenvalue weighted by Crippen LogP contribution is -2.50. The van der Waals surface area contributed by atoms with Crippen molar-refractivity contribution in [1.82, 2.24) is 20.3 Å². The zero-order valence-electron chi connectivity index (χ0n) is 13.1. The van der Waals surface area contributed by atoms with E-state index in [0.29, 0.717) is 32.1 Å². The zero-order valence-corrected chi connectivity index (χ0v) is 14.6. The van der Waals surface area contributed by atoms with E-state index in [1.165, 1.54) is 17.5 Å². The quantitative estimate of drug-likeness (QED) is 0.868. The van der Waals surface area contributed by atoms with Gasteiger partial charge in [-0.05, 0) is 13.3 Å². The van der Waals surface area contributed by atoms with Gasteiger partial charge >= 0.3 is 0 Å². The number of nitrogens with one attached hydrogen (secondary N) is 1. The standard InChI is InChI=1S/C15H17ClN4O3S/c1-9-17-4-11(16)14(19-9)15(21)20-12-6-22-3-2-13(12)23-5-10-7-24-8-18-10/h4,7-8,12-13H,2-3,5-6H2,1H3,(H,20,21)/t12-,13+/m1/s1. The van der Waals surface area contributed by atoms with E-state index in [0.717, 1.165) is 5.69 Å². The third kappa shape index (κ3) is 4.27. The molecule has 1 amide bonds. The minimum atomic E-state index is -0.358. The Balaban J connectivity index is 1.64. The fourth-order valence-electron chi connectivity index (χ4n) is 2.40. The number of aryl methyl sites for hydroxylation is 1. The molecule has 7 nitrogen and oxygen atoms in total. The second-order valence-corrected chi connectivity index (χ2v) is 6.51. The predicted octanol–water partition coefficient (Wildman–Crippen LogP) is 2.00. The molecule has 1 fully saturated rings. The SMILES string of the molecule is Cc1ncc(Cl)c(C(=O)N[C@@H]2COCC[C@@H]2OCc2cscn2)n1. The highest BCUT2D eigenvalue weighted by Crippen LogP contribution is 2.17. The summed E-state index contributed by atoms with van der Waals surface area (Å²) in [6.07, 6.45) is 1.98. The van der Waals surface area contributed by atoms with E-state index in [4.69, 9.17) is 21.1 Å². The monoisotopic (exact) mass is 368 g/mol. The second kappa shape index (κ2) is 7.98. The molecular formula is C15H17ClN4O3S. The van der Waals surface area contributed by atoms with Gasteiger partial charge in [0.25, 0.3) is 5.91 Å². The molecule has 2 aromatic heterocycles. The third-order valence-corrected chi connectivity index (χ3v) is 4.53. The maximum atomic E-state index is 12.5. The summed E-state index contributed by atoms with van der Waals surface area (Å²) in [5, 5.41) is 5.06. The van der Waals surface area contributed by atoms with Crippen molar-refractivity contribution < 1.29 is 14.3 Å². The number of rotatable bonds is 5. The Bertz CT molecular complexity index is 698. The summed E-state index contributed by atoms with van der Waals surface area (Å²) >= 11 is 7.54. The number of ether oxygens (including phenoxy) is 2. The van der Waals surface area contributed by atoms with Crippen molar-refractivity contribution in [2.45, 2.75) is 32.1 Å². The summed E-state index contributed by atoms with van der Waals surface area (Å²) in [6.45, 7) is 3.10. The van der Waals surface area contributed by atoms with Gasteiger partial charge in [-0.25, -0.2) is 15.0 Å². The largest absolute Gasteiger partial charge is 0.379 e. The van der Waals surface area contributed by atoms with Gasteiger partial charge < -0.3 is 14.8 Å². The molecule has 1 aliphatic rings. The average molecular weight is 369 g/mol. The lowest BCUT2D eigenvalue weighted by atomic mass is 10.1. The van der Waals surface area contributed by atoms with Crippen LogP contribution in [0.5, 0.6) is 0 Å². The first-order chi connectivity index (χ1) is 11.6. The van der Waals surface area contributed by atoms with Crippen molar-refractivity contribution in [3.63, 3.8) is 0 Å². The molecular weight excluding hydrogens is 352 g/mol. The summed E-state index contributed by atoms with van der Waals surface area (Å²) in [6, 6.07) is -0.267. The molecule has 9 heteroatoms. The van der Waals surface area contributed by atoms with Crippen molar-refractivity contribution in [2.24, 2.45) is 0 Å². The number of hydrogen-bond acceptors (Lipinski definition) is 7. The minimum Gasteiger partial charge on any atom is -0.379 e. The van der Waals surface area contributed by atoms with Crippen LogP contribution in [0.1, 0.15) is 28.4 Å². The van der Waals surface area contributed by atoms with Crippen molar-refractivity contribution in [2.75, 3.05) is 13.2 Å². The van der Waals surface area contributed by atoms with Gasteiger partial charge in [0.2, 0.25) is 0 Å². The Kier molecular flexibility index (Phi) is 5.72. The van der Waals surface area contributed by atoms with Gasteiger partial charge in [-0.3, -0.25) is 4.79 Å². The molecule has 3 rings (SSSR count). The summed E-state index contributed by atoms with van der Waals surface area (Å²) < 4.78 is 11.4. The summed E-state index contributed by atoms with van der Waals surface area (Å²) in [4.78, 5) is 24.7. The maximum absolute atomic E-state index is 12.5. The van der Waals surface area contributed by atoms with Crippen LogP contribution >= 0.6 is 22.9 Å². The first-order valence-corrected chi connectivity index (χ1v) is 8.82. The van der Waals surface area contributed by atoms with Crippen LogP contribution in [0.2, 0.25) is 5.02 Å². The molecule has 0 spiro atoms. The van der Waals surface area contributed by atoms with Crippen LogP contribution in [0.4, 0.5) is 0 Å². The normalized spacial score (nSPS) is 20.8. The molecule has 0 unspecified atom stereocenters. The lowest BCUT2D eigenvalue weighted by molar-refractivity contribution is -0.0612. The number of carbonyl (C=O) groups excluding carboxylic acids is 1. The fraction of sp³-hybridized carbons (Fsp3) is 0.467.